The Kier molecular flexibility index (Phi) is 4.98. The predicted molar refractivity (Wildman–Crippen MR) is 99.0 cm³/mol. The first kappa shape index (κ1) is 17.2. The van der Waals surface area contributed by atoms with Gasteiger partial charge in [0.05, 0.1) is 5.69 Å². The van der Waals surface area contributed by atoms with Crippen LogP contribution in [0.15, 0.2) is 59.4 Å². The van der Waals surface area contributed by atoms with Gasteiger partial charge in [-0.05, 0) is 25.1 Å². The highest BCUT2D eigenvalue weighted by molar-refractivity contribution is 5.89. The van der Waals surface area contributed by atoms with Crippen molar-refractivity contribution in [3.63, 3.8) is 0 Å². The topological polar surface area (TPSA) is 107 Å². The van der Waals surface area contributed by atoms with Crippen molar-refractivity contribution in [1.82, 2.24) is 15.3 Å². The van der Waals surface area contributed by atoms with E-state index in [-0.39, 0.29) is 23.9 Å². The number of carbonyl (C=O) groups is 1. The number of hydrogen-bond donors (Lipinski definition) is 4. The minimum Gasteiger partial charge on any atom is -0.508 e. The molecule has 2 amide bonds. The lowest BCUT2D eigenvalue weighted by molar-refractivity contribution is 0.251. The Morgan fingerprint density at radius 3 is 2.58 bits per heavy atom. The van der Waals surface area contributed by atoms with Gasteiger partial charge in [0.2, 0.25) is 0 Å². The fourth-order valence-corrected chi connectivity index (χ4v) is 2.46. The van der Waals surface area contributed by atoms with Crippen LogP contribution >= 0.6 is 0 Å². The van der Waals surface area contributed by atoms with Gasteiger partial charge >= 0.3 is 6.03 Å². The monoisotopic (exact) mass is 350 g/mol. The minimum atomic E-state index is -0.383. The number of rotatable bonds is 4. The van der Waals surface area contributed by atoms with E-state index in [1.54, 1.807) is 55.5 Å². The molecule has 1 heterocycles. The molecule has 0 radical (unpaired) electrons. The molecule has 4 N–H and O–H groups in total. The van der Waals surface area contributed by atoms with Crippen molar-refractivity contribution in [2.24, 2.45) is 0 Å². The van der Waals surface area contributed by atoms with Crippen molar-refractivity contribution in [1.29, 1.82) is 0 Å². The molecule has 7 heteroatoms. The maximum atomic E-state index is 12.0. The average Bonchev–Trinajstić information content (AvgIpc) is 2.61. The van der Waals surface area contributed by atoms with Crippen LogP contribution in [-0.2, 0) is 6.54 Å². The van der Waals surface area contributed by atoms with E-state index in [0.29, 0.717) is 22.8 Å². The van der Waals surface area contributed by atoms with Crippen LogP contribution in [0.1, 0.15) is 11.4 Å². The lowest BCUT2D eigenvalue weighted by Crippen LogP contribution is -2.28. The van der Waals surface area contributed by atoms with Crippen molar-refractivity contribution in [3.05, 3.63) is 76.3 Å². The fourth-order valence-electron chi connectivity index (χ4n) is 2.46. The summed E-state index contributed by atoms with van der Waals surface area (Å²) in [7, 11) is 0. The Hall–Kier alpha value is -3.61. The largest absolute Gasteiger partial charge is 0.508 e. The molecule has 0 aliphatic rings. The average molecular weight is 350 g/mol. The van der Waals surface area contributed by atoms with Gasteiger partial charge in [0, 0.05) is 29.4 Å². The molecule has 0 saturated carbocycles. The molecule has 3 aromatic rings. The highest BCUT2D eigenvalue weighted by atomic mass is 16.3. The third-order valence-electron chi connectivity index (χ3n) is 3.73. The zero-order valence-electron chi connectivity index (χ0n) is 14.1. The van der Waals surface area contributed by atoms with Gasteiger partial charge in [-0.25, -0.2) is 9.78 Å². The van der Waals surface area contributed by atoms with Crippen molar-refractivity contribution < 1.29 is 9.90 Å². The highest BCUT2D eigenvalue weighted by Crippen LogP contribution is 2.19. The van der Waals surface area contributed by atoms with Crippen LogP contribution in [0.2, 0.25) is 0 Å². The molecule has 0 aliphatic heterocycles. The Morgan fingerprint density at radius 2 is 1.88 bits per heavy atom. The number of hydrogen-bond acceptors (Lipinski definition) is 4. The number of urea groups is 1. The van der Waals surface area contributed by atoms with Gasteiger partial charge < -0.3 is 20.7 Å². The summed E-state index contributed by atoms with van der Waals surface area (Å²) >= 11 is 0. The number of amides is 2. The normalized spacial score (nSPS) is 10.3. The molecular weight excluding hydrogens is 332 g/mol. The van der Waals surface area contributed by atoms with E-state index in [0.717, 1.165) is 5.56 Å². The van der Waals surface area contributed by atoms with Crippen molar-refractivity contribution >= 4 is 11.7 Å². The highest BCUT2D eigenvalue weighted by Gasteiger charge is 2.06. The Bertz CT molecular complexity index is 981. The third kappa shape index (κ3) is 4.27. The second-order valence-electron chi connectivity index (χ2n) is 5.73. The predicted octanol–water partition coefficient (Wildman–Crippen LogP) is 2.77. The van der Waals surface area contributed by atoms with Crippen LogP contribution in [-0.4, -0.2) is 21.1 Å². The molecule has 3 rings (SSSR count). The van der Waals surface area contributed by atoms with E-state index in [2.05, 4.69) is 20.6 Å². The zero-order valence-corrected chi connectivity index (χ0v) is 14.1. The van der Waals surface area contributed by atoms with E-state index >= 15 is 0 Å². The van der Waals surface area contributed by atoms with E-state index in [9.17, 15) is 14.7 Å². The van der Waals surface area contributed by atoms with Crippen LogP contribution in [0.5, 0.6) is 5.75 Å². The smallest absolute Gasteiger partial charge is 0.319 e. The summed E-state index contributed by atoms with van der Waals surface area (Å²) in [5.74, 6) is 0.677. The van der Waals surface area contributed by atoms with E-state index in [4.69, 9.17) is 0 Å². The second kappa shape index (κ2) is 7.52. The van der Waals surface area contributed by atoms with Gasteiger partial charge in [0.25, 0.3) is 5.56 Å². The molecule has 0 aliphatic carbocycles. The lowest BCUT2D eigenvalue weighted by atomic mass is 10.1. The number of para-hydroxylation sites is 1. The number of phenolic OH excluding ortho intramolecular Hbond substituents is 1. The van der Waals surface area contributed by atoms with E-state index in [1.807, 2.05) is 0 Å². The molecule has 132 valence electrons. The van der Waals surface area contributed by atoms with Crippen LogP contribution in [0, 0.1) is 6.92 Å². The summed E-state index contributed by atoms with van der Waals surface area (Å²) in [6.07, 6.45) is 0. The molecule has 2 aromatic carbocycles. The zero-order chi connectivity index (χ0) is 18.5. The second-order valence-corrected chi connectivity index (χ2v) is 5.73. The number of aromatic amines is 1. The van der Waals surface area contributed by atoms with Gasteiger partial charge in [-0.1, -0.05) is 30.3 Å². The number of anilines is 1. The number of phenols is 1. The first-order chi connectivity index (χ1) is 12.5. The maximum Gasteiger partial charge on any atom is 0.319 e. The summed E-state index contributed by atoms with van der Waals surface area (Å²) in [6, 6.07) is 14.9. The molecule has 0 unspecified atom stereocenters. The van der Waals surface area contributed by atoms with E-state index in [1.165, 1.54) is 6.07 Å². The quantitative estimate of drug-likeness (QED) is 0.580. The number of carbonyl (C=O) groups excluding carboxylic acids is 1. The molecule has 1 aromatic heterocycles. The summed E-state index contributed by atoms with van der Waals surface area (Å²) < 4.78 is 0. The molecule has 7 nitrogen and oxygen atoms in total. The van der Waals surface area contributed by atoms with Crippen molar-refractivity contribution in [2.75, 3.05) is 5.32 Å². The van der Waals surface area contributed by atoms with Crippen LogP contribution in [0.3, 0.4) is 0 Å². The van der Waals surface area contributed by atoms with Crippen LogP contribution in [0.25, 0.3) is 11.3 Å². The molecule has 0 bridgehead atoms. The van der Waals surface area contributed by atoms with Gasteiger partial charge in [-0.15, -0.1) is 0 Å². The van der Waals surface area contributed by atoms with E-state index < -0.39 is 0 Å². The van der Waals surface area contributed by atoms with Crippen LogP contribution < -0.4 is 16.2 Å². The number of H-pyrrole nitrogens is 1. The maximum absolute atomic E-state index is 12.0. The summed E-state index contributed by atoms with van der Waals surface area (Å²) in [4.78, 5) is 30.4. The van der Waals surface area contributed by atoms with Gasteiger partial charge in [-0.3, -0.25) is 4.79 Å². The van der Waals surface area contributed by atoms with Crippen LogP contribution in [0.4, 0.5) is 10.5 Å². The Morgan fingerprint density at radius 1 is 1.15 bits per heavy atom. The van der Waals surface area contributed by atoms with Crippen molar-refractivity contribution in [3.8, 4) is 17.0 Å². The van der Waals surface area contributed by atoms with Gasteiger partial charge in [0.1, 0.15) is 11.6 Å². The standard InChI is InChI=1S/C19H18N4O3/c1-12-21-16(10-18(25)22-12)13-6-8-15(9-7-13)23-19(26)20-11-14-4-2-3-5-17(14)24/h2-10,24H,11H2,1H3,(H2,20,23,26)(H,21,22,25). The minimum absolute atomic E-state index is 0.137. The molecule has 26 heavy (non-hydrogen) atoms. The number of aryl methyl sites for hydroxylation is 1. The number of nitrogens with one attached hydrogen (secondary N) is 3. The summed E-state index contributed by atoms with van der Waals surface area (Å²) in [5.41, 5.74) is 2.37. The van der Waals surface area contributed by atoms with Crippen molar-refractivity contribution in [2.45, 2.75) is 13.5 Å². The number of aromatic nitrogens is 2. The first-order valence-electron chi connectivity index (χ1n) is 8.01. The summed E-state index contributed by atoms with van der Waals surface area (Å²) in [6.45, 7) is 1.93. The number of nitrogens with zero attached hydrogens (tertiary/aromatic N) is 1. The molecule has 0 fully saturated rings. The molecule has 0 atom stereocenters. The van der Waals surface area contributed by atoms with Gasteiger partial charge in [-0.2, -0.15) is 0 Å². The summed E-state index contributed by atoms with van der Waals surface area (Å²) in [5, 5.41) is 15.1. The Labute approximate surface area is 149 Å². The SMILES string of the molecule is Cc1nc(-c2ccc(NC(=O)NCc3ccccc3O)cc2)cc(=O)[nH]1. The number of aromatic hydroxyl groups is 1. The Balaban J connectivity index is 1.63. The first-order valence-corrected chi connectivity index (χ1v) is 8.01. The number of benzene rings is 2. The molecule has 0 spiro atoms. The molecule has 0 saturated heterocycles. The third-order valence-corrected chi connectivity index (χ3v) is 3.73. The fraction of sp³-hybridized carbons (Fsp3) is 0.105. The lowest BCUT2D eigenvalue weighted by Gasteiger charge is -2.09. The van der Waals surface area contributed by atoms with Gasteiger partial charge in [0.15, 0.2) is 0 Å². The molecular formula is C19H18N4O3.